The van der Waals surface area contributed by atoms with E-state index in [1.807, 2.05) is 6.92 Å². The van der Waals surface area contributed by atoms with Gasteiger partial charge in [-0.25, -0.2) is 0 Å². The summed E-state index contributed by atoms with van der Waals surface area (Å²) in [4.78, 5) is 38.2. The summed E-state index contributed by atoms with van der Waals surface area (Å²) in [5.41, 5.74) is -2.83. The minimum Gasteiger partial charge on any atom is -0.464 e. The van der Waals surface area contributed by atoms with E-state index in [1.54, 1.807) is 0 Å². The second-order valence-corrected chi connectivity index (χ2v) is 10.2. The van der Waals surface area contributed by atoms with E-state index in [1.165, 1.54) is 6.92 Å². The number of ketones is 1. The summed E-state index contributed by atoms with van der Waals surface area (Å²) in [5, 5.41) is 22.7. The number of aliphatic hydroxyl groups excluding tert-OH is 2. The molecule has 5 fully saturated rings. The number of hydrogen-bond acceptors (Lipinski definition) is 8. The first-order valence-corrected chi connectivity index (χ1v) is 10.6. The van der Waals surface area contributed by atoms with E-state index in [9.17, 15) is 24.6 Å². The topological polar surface area (TPSA) is 119 Å². The number of fused-ring (bicyclic) bond motifs is 4. The van der Waals surface area contributed by atoms with Crippen LogP contribution in [-0.2, 0) is 28.6 Å². The molecule has 0 aromatic carbocycles. The third kappa shape index (κ3) is 2.19. The minimum absolute atomic E-state index is 0.151. The Balaban J connectivity index is 1.71. The number of carbonyl (C=O) groups excluding carboxylic acids is 3. The first kappa shape index (κ1) is 20.2. The van der Waals surface area contributed by atoms with Gasteiger partial charge in [-0.2, -0.15) is 0 Å². The van der Waals surface area contributed by atoms with Crippen LogP contribution < -0.4 is 0 Å². The van der Waals surface area contributed by atoms with Gasteiger partial charge in [-0.3, -0.25) is 14.4 Å². The van der Waals surface area contributed by atoms with Crippen molar-refractivity contribution in [3.8, 4) is 0 Å². The Bertz CT molecular complexity index is 852. The van der Waals surface area contributed by atoms with Crippen molar-refractivity contribution in [3.05, 3.63) is 12.2 Å². The van der Waals surface area contributed by atoms with Crippen LogP contribution in [0.2, 0.25) is 0 Å². The SMILES string of the molecule is C=C1C(=O)[C@]23C[C@H]1C[C@@H](O)[C@H]2[C@]1(COC3=O)[C@H](O)CC[C@@]2(C)CO[C@@H](OC(C)=O)[C@H]21. The highest BCUT2D eigenvalue weighted by Crippen LogP contribution is 2.69. The lowest BCUT2D eigenvalue weighted by Gasteiger charge is -2.62. The van der Waals surface area contributed by atoms with Crippen molar-refractivity contribution >= 4 is 17.7 Å². The fourth-order valence-electron chi connectivity index (χ4n) is 7.57. The zero-order valence-corrected chi connectivity index (χ0v) is 17.3. The van der Waals surface area contributed by atoms with Crippen molar-refractivity contribution in [2.24, 2.45) is 34.0 Å². The van der Waals surface area contributed by atoms with E-state index in [0.717, 1.165) is 0 Å². The smallest absolute Gasteiger partial charge is 0.320 e. The number of Topliss-reactive ketones (excluding diaryl/α,β-unsaturated/α-hetero) is 1. The number of allylic oxidation sites excluding steroid dienone is 1. The van der Waals surface area contributed by atoms with Crippen molar-refractivity contribution < 1.29 is 38.8 Å². The second-order valence-electron chi connectivity index (χ2n) is 10.2. The summed E-state index contributed by atoms with van der Waals surface area (Å²) >= 11 is 0. The molecule has 2 bridgehead atoms. The number of carbonyl (C=O) groups is 3. The summed E-state index contributed by atoms with van der Waals surface area (Å²) in [6, 6.07) is 0. The fourth-order valence-corrected chi connectivity index (χ4v) is 7.57. The van der Waals surface area contributed by atoms with Crippen LogP contribution in [0.4, 0.5) is 0 Å². The van der Waals surface area contributed by atoms with Crippen LogP contribution in [0.25, 0.3) is 0 Å². The zero-order chi connectivity index (χ0) is 21.6. The lowest BCUT2D eigenvalue weighted by molar-refractivity contribution is -0.270. The molecule has 0 aromatic heterocycles. The highest BCUT2D eigenvalue weighted by atomic mass is 16.7. The summed E-state index contributed by atoms with van der Waals surface area (Å²) in [7, 11) is 0. The van der Waals surface area contributed by atoms with Crippen molar-refractivity contribution in [1.29, 1.82) is 0 Å². The number of rotatable bonds is 1. The molecule has 164 valence electrons. The molecule has 5 rings (SSSR count). The fraction of sp³-hybridized carbons (Fsp3) is 0.773. The molecular weight excluding hydrogens is 392 g/mol. The normalized spacial score (nSPS) is 52.1. The van der Waals surface area contributed by atoms with Gasteiger partial charge < -0.3 is 24.4 Å². The molecule has 30 heavy (non-hydrogen) atoms. The summed E-state index contributed by atoms with van der Waals surface area (Å²) in [6.45, 7) is 7.36. The molecular formula is C22H28O8. The van der Waals surface area contributed by atoms with Gasteiger partial charge in [-0.05, 0) is 37.2 Å². The van der Waals surface area contributed by atoms with Crippen LogP contribution in [0.15, 0.2) is 12.2 Å². The van der Waals surface area contributed by atoms with Gasteiger partial charge in [0.15, 0.2) is 5.78 Å². The largest absolute Gasteiger partial charge is 0.464 e. The van der Waals surface area contributed by atoms with Crippen LogP contribution in [0.1, 0.15) is 39.5 Å². The average Bonchev–Trinajstić information content (AvgIpc) is 3.11. The monoisotopic (exact) mass is 420 g/mol. The number of hydrogen-bond donors (Lipinski definition) is 2. The third-order valence-corrected chi connectivity index (χ3v) is 8.67. The molecule has 8 nitrogen and oxygen atoms in total. The molecule has 0 unspecified atom stereocenters. The Morgan fingerprint density at radius 2 is 1.97 bits per heavy atom. The number of ether oxygens (including phenoxy) is 3. The number of esters is 2. The molecule has 2 saturated heterocycles. The number of cyclic esters (lactones) is 1. The molecule has 3 saturated carbocycles. The van der Waals surface area contributed by atoms with Crippen molar-refractivity contribution in [2.45, 2.75) is 58.0 Å². The zero-order valence-electron chi connectivity index (χ0n) is 17.3. The summed E-state index contributed by atoms with van der Waals surface area (Å²) in [6.07, 6.45) is -1.29. The number of aliphatic hydroxyl groups is 2. The van der Waals surface area contributed by atoms with Crippen molar-refractivity contribution in [3.63, 3.8) is 0 Å². The minimum atomic E-state index is -1.56. The molecule has 2 N–H and O–H groups in total. The Morgan fingerprint density at radius 1 is 1.23 bits per heavy atom. The van der Waals surface area contributed by atoms with E-state index in [0.29, 0.717) is 31.4 Å². The van der Waals surface area contributed by atoms with Gasteiger partial charge in [0.1, 0.15) is 12.0 Å². The first-order chi connectivity index (χ1) is 14.1. The average molecular weight is 420 g/mol. The van der Waals surface area contributed by atoms with E-state index in [2.05, 4.69) is 6.58 Å². The Labute approximate surface area is 174 Å². The predicted molar refractivity (Wildman–Crippen MR) is 101 cm³/mol. The van der Waals surface area contributed by atoms with Gasteiger partial charge in [0.2, 0.25) is 6.29 Å². The molecule has 8 heteroatoms. The van der Waals surface area contributed by atoms with E-state index < -0.39 is 58.5 Å². The molecule has 2 spiro atoms. The molecule has 0 aromatic rings. The molecule has 5 aliphatic rings. The van der Waals surface area contributed by atoms with Crippen LogP contribution >= 0.6 is 0 Å². The lowest BCUT2D eigenvalue weighted by atomic mass is 9.43. The van der Waals surface area contributed by atoms with Gasteiger partial charge >= 0.3 is 11.9 Å². The van der Waals surface area contributed by atoms with Gasteiger partial charge in [0.25, 0.3) is 0 Å². The summed E-state index contributed by atoms with van der Waals surface area (Å²) in [5.74, 6) is -3.21. The Morgan fingerprint density at radius 3 is 2.67 bits per heavy atom. The van der Waals surface area contributed by atoms with E-state index in [4.69, 9.17) is 14.2 Å². The standard InChI is InChI=1S/C22H28O8/c1-10-12-6-13(24)15-21(7-12,17(10)26)19(27)29-9-22(15)14(25)4-5-20(3)8-28-18(16(20)22)30-11(2)23/h12-16,18,24-25H,1,4-9H2,2-3H3/t12-,13-,14-,15-,16-,18+,20+,21+,22+/m1/s1. The quantitative estimate of drug-likeness (QED) is 0.362. The van der Waals surface area contributed by atoms with Crippen molar-refractivity contribution in [1.82, 2.24) is 0 Å². The maximum atomic E-state index is 13.4. The van der Waals surface area contributed by atoms with Crippen LogP contribution in [0, 0.1) is 34.0 Å². The summed E-state index contributed by atoms with van der Waals surface area (Å²) < 4.78 is 17.0. The molecule has 0 amide bonds. The molecule has 0 radical (unpaired) electrons. The van der Waals surface area contributed by atoms with Gasteiger partial charge in [0, 0.05) is 29.6 Å². The van der Waals surface area contributed by atoms with Gasteiger partial charge in [0.05, 0.1) is 18.8 Å². The first-order valence-electron chi connectivity index (χ1n) is 10.6. The van der Waals surface area contributed by atoms with E-state index >= 15 is 0 Å². The van der Waals surface area contributed by atoms with E-state index in [-0.39, 0.29) is 24.7 Å². The highest BCUT2D eigenvalue weighted by molar-refractivity contribution is 6.15. The Kier molecular flexibility index (Phi) is 4.13. The van der Waals surface area contributed by atoms with Gasteiger partial charge in [-0.1, -0.05) is 13.5 Å². The lowest BCUT2D eigenvalue weighted by Crippen LogP contribution is -2.71. The highest BCUT2D eigenvalue weighted by Gasteiger charge is 2.78. The maximum Gasteiger partial charge on any atom is 0.320 e. The molecule has 2 heterocycles. The molecule has 9 atom stereocenters. The predicted octanol–water partition coefficient (Wildman–Crippen LogP) is 0.739. The molecule has 3 aliphatic carbocycles. The second kappa shape index (κ2) is 6.14. The van der Waals surface area contributed by atoms with Crippen LogP contribution in [-0.4, -0.2) is 59.6 Å². The van der Waals surface area contributed by atoms with Crippen molar-refractivity contribution in [2.75, 3.05) is 13.2 Å². The Hall–Kier alpha value is -1.77. The third-order valence-electron chi connectivity index (χ3n) is 8.67. The van der Waals surface area contributed by atoms with Gasteiger partial charge in [-0.15, -0.1) is 0 Å². The van der Waals surface area contributed by atoms with Crippen LogP contribution in [0.3, 0.4) is 0 Å². The maximum absolute atomic E-state index is 13.4. The van der Waals surface area contributed by atoms with Crippen LogP contribution in [0.5, 0.6) is 0 Å². The molecule has 2 aliphatic heterocycles.